The number of nitrogens with zero attached hydrogens (tertiary/aromatic N) is 1. The monoisotopic (exact) mass is 438 g/mol. The maximum absolute atomic E-state index is 13.0. The molecule has 1 aliphatic heterocycles. The van der Waals surface area contributed by atoms with E-state index in [0.29, 0.717) is 16.5 Å². The van der Waals surface area contributed by atoms with Gasteiger partial charge in [0.2, 0.25) is 0 Å². The first-order valence-corrected chi connectivity index (χ1v) is 7.68. The molecular weight excluding hydrogens is 420 g/mol. The van der Waals surface area contributed by atoms with Crippen LogP contribution in [0.1, 0.15) is 30.5 Å². The van der Waals surface area contributed by atoms with Crippen molar-refractivity contribution in [3.63, 3.8) is 0 Å². The molecule has 1 atom stereocenters. The largest absolute Gasteiger partial charge is 0.507 e. The summed E-state index contributed by atoms with van der Waals surface area (Å²) in [6.45, 7) is 5.03. The lowest BCUT2D eigenvalue weighted by molar-refractivity contribution is -0.138. The first-order chi connectivity index (χ1) is 9.84. The average Bonchev–Trinajstić information content (AvgIpc) is 2.43. The van der Waals surface area contributed by atoms with Gasteiger partial charge in [-0.1, -0.05) is 22.9 Å². The first kappa shape index (κ1) is 22.8. The third kappa shape index (κ3) is 5.39. The number of phenolic OH excluding ortho intramolecular Hbond substituents is 1. The molecule has 1 aromatic carbocycles. The lowest BCUT2D eigenvalue weighted by Crippen LogP contribution is -2.45. The van der Waals surface area contributed by atoms with Gasteiger partial charge in [0.25, 0.3) is 0 Å². The molecule has 1 aliphatic rings. The van der Waals surface area contributed by atoms with Crippen LogP contribution in [0.25, 0.3) is 0 Å². The molecule has 0 aliphatic carbocycles. The quantitative estimate of drug-likeness (QED) is 0.733. The highest BCUT2D eigenvalue weighted by atomic mass is 79.9. The van der Waals surface area contributed by atoms with Crippen LogP contribution in [0.4, 0.5) is 13.2 Å². The highest BCUT2D eigenvalue weighted by Crippen LogP contribution is 2.43. The fourth-order valence-corrected chi connectivity index (χ4v) is 3.23. The van der Waals surface area contributed by atoms with Gasteiger partial charge in [-0.05, 0) is 18.6 Å². The second kappa shape index (κ2) is 9.32. The third-order valence-electron chi connectivity index (χ3n) is 3.75. The molecular formula is C14H20BrCl2F3N2O. The molecule has 0 unspecified atom stereocenters. The zero-order valence-electron chi connectivity index (χ0n) is 12.5. The molecule has 1 heterocycles. The average molecular weight is 440 g/mol. The van der Waals surface area contributed by atoms with Crippen LogP contribution in [0.5, 0.6) is 5.75 Å². The minimum absolute atomic E-state index is 0. The zero-order chi connectivity index (χ0) is 15.6. The maximum Gasteiger partial charge on any atom is 0.420 e. The molecule has 0 bridgehead atoms. The fourth-order valence-electron chi connectivity index (χ4n) is 2.76. The van der Waals surface area contributed by atoms with E-state index in [4.69, 9.17) is 0 Å². The number of alkyl halides is 3. The smallest absolute Gasteiger partial charge is 0.420 e. The molecule has 0 aromatic heterocycles. The SMILES string of the molecule is CC[C@@H](c1cc(Br)cc(C(F)(F)F)c1O)N1CCNCC1.Cl.Cl. The van der Waals surface area contributed by atoms with E-state index in [9.17, 15) is 18.3 Å². The normalized spacial score (nSPS) is 17.1. The van der Waals surface area contributed by atoms with Crippen molar-refractivity contribution in [2.24, 2.45) is 0 Å². The number of rotatable bonds is 3. The van der Waals surface area contributed by atoms with Crippen molar-refractivity contribution >= 4 is 40.7 Å². The van der Waals surface area contributed by atoms with E-state index < -0.39 is 17.5 Å². The molecule has 23 heavy (non-hydrogen) atoms. The second-order valence-electron chi connectivity index (χ2n) is 5.10. The van der Waals surface area contributed by atoms with Crippen LogP contribution in [0.15, 0.2) is 16.6 Å². The van der Waals surface area contributed by atoms with Crippen LogP contribution in [0.3, 0.4) is 0 Å². The van der Waals surface area contributed by atoms with Gasteiger partial charge in [-0.2, -0.15) is 13.2 Å². The van der Waals surface area contributed by atoms with Crippen molar-refractivity contribution in [2.75, 3.05) is 26.2 Å². The minimum atomic E-state index is -4.57. The molecule has 134 valence electrons. The lowest BCUT2D eigenvalue weighted by atomic mass is 9.98. The molecule has 3 nitrogen and oxygen atoms in total. The van der Waals surface area contributed by atoms with Gasteiger partial charge in [0, 0.05) is 42.3 Å². The van der Waals surface area contributed by atoms with Crippen molar-refractivity contribution < 1.29 is 18.3 Å². The first-order valence-electron chi connectivity index (χ1n) is 6.89. The van der Waals surface area contributed by atoms with E-state index in [1.165, 1.54) is 0 Å². The topological polar surface area (TPSA) is 35.5 Å². The second-order valence-corrected chi connectivity index (χ2v) is 6.01. The highest BCUT2D eigenvalue weighted by molar-refractivity contribution is 9.10. The number of hydrogen-bond donors (Lipinski definition) is 2. The molecule has 9 heteroatoms. The van der Waals surface area contributed by atoms with Crippen LogP contribution < -0.4 is 5.32 Å². The molecule has 0 spiro atoms. The Bertz CT molecular complexity index is 512. The zero-order valence-corrected chi connectivity index (χ0v) is 15.7. The Labute approximate surface area is 154 Å². The fraction of sp³-hybridized carbons (Fsp3) is 0.571. The number of nitrogens with one attached hydrogen (secondary N) is 1. The van der Waals surface area contributed by atoms with Gasteiger partial charge in [-0.3, -0.25) is 4.90 Å². The summed E-state index contributed by atoms with van der Waals surface area (Å²) in [5.74, 6) is -0.656. The summed E-state index contributed by atoms with van der Waals surface area (Å²) >= 11 is 3.12. The third-order valence-corrected chi connectivity index (χ3v) is 4.21. The number of aromatic hydroxyl groups is 1. The minimum Gasteiger partial charge on any atom is -0.507 e. The highest BCUT2D eigenvalue weighted by Gasteiger charge is 2.36. The Kier molecular flexibility index (Phi) is 9.23. The lowest BCUT2D eigenvalue weighted by Gasteiger charge is -2.35. The van der Waals surface area contributed by atoms with Crippen LogP contribution in [0.2, 0.25) is 0 Å². The molecule has 0 radical (unpaired) electrons. The number of hydrogen-bond acceptors (Lipinski definition) is 3. The van der Waals surface area contributed by atoms with Crippen molar-refractivity contribution in [3.05, 3.63) is 27.7 Å². The summed E-state index contributed by atoms with van der Waals surface area (Å²) in [5.41, 5.74) is -0.651. The number of benzene rings is 1. The standard InChI is InChI=1S/C14H18BrF3N2O.2ClH/c1-2-12(20-5-3-19-4-6-20)10-7-9(15)8-11(13(10)21)14(16,17)18;;/h7-8,12,19,21H,2-6H2,1H3;2*1H/t12-;;/m0../s1. The van der Waals surface area contributed by atoms with E-state index in [-0.39, 0.29) is 30.9 Å². The van der Waals surface area contributed by atoms with Crippen LogP contribution in [-0.2, 0) is 6.18 Å². The summed E-state index contributed by atoms with van der Waals surface area (Å²) in [7, 11) is 0. The molecule has 2 N–H and O–H groups in total. The van der Waals surface area contributed by atoms with E-state index in [0.717, 1.165) is 32.2 Å². The molecule has 1 fully saturated rings. The Morgan fingerprint density at radius 3 is 2.30 bits per heavy atom. The van der Waals surface area contributed by atoms with Gasteiger partial charge in [-0.15, -0.1) is 24.8 Å². The van der Waals surface area contributed by atoms with Gasteiger partial charge in [-0.25, -0.2) is 0 Å². The van der Waals surface area contributed by atoms with Crippen molar-refractivity contribution in [2.45, 2.75) is 25.6 Å². The number of phenols is 1. The van der Waals surface area contributed by atoms with E-state index in [1.807, 2.05) is 6.92 Å². The van der Waals surface area contributed by atoms with Crippen LogP contribution in [-0.4, -0.2) is 36.2 Å². The summed E-state index contributed by atoms with van der Waals surface area (Å²) in [6.07, 6.45) is -3.92. The molecule has 1 aromatic rings. The summed E-state index contributed by atoms with van der Waals surface area (Å²) < 4.78 is 39.4. The van der Waals surface area contributed by atoms with Crippen molar-refractivity contribution in [1.29, 1.82) is 0 Å². The van der Waals surface area contributed by atoms with Gasteiger partial charge >= 0.3 is 6.18 Å². The van der Waals surface area contributed by atoms with Crippen molar-refractivity contribution in [3.8, 4) is 5.75 Å². The predicted molar refractivity (Wildman–Crippen MR) is 92.8 cm³/mol. The summed E-state index contributed by atoms with van der Waals surface area (Å²) in [5, 5.41) is 13.3. The van der Waals surface area contributed by atoms with E-state index in [1.54, 1.807) is 6.07 Å². The Hall–Kier alpha value is -0.210. The molecule has 2 rings (SSSR count). The van der Waals surface area contributed by atoms with E-state index >= 15 is 0 Å². The van der Waals surface area contributed by atoms with Crippen molar-refractivity contribution in [1.82, 2.24) is 10.2 Å². The summed E-state index contributed by atoms with van der Waals surface area (Å²) in [6, 6.07) is 2.29. The maximum atomic E-state index is 13.0. The number of halogens is 6. The molecule has 0 amide bonds. The number of piperazine rings is 1. The van der Waals surface area contributed by atoms with Gasteiger partial charge in [0.15, 0.2) is 0 Å². The van der Waals surface area contributed by atoms with E-state index in [2.05, 4.69) is 26.1 Å². The van der Waals surface area contributed by atoms with Gasteiger partial charge in [0.1, 0.15) is 5.75 Å². The van der Waals surface area contributed by atoms with Crippen LogP contribution >= 0.6 is 40.7 Å². The van der Waals surface area contributed by atoms with Gasteiger partial charge < -0.3 is 10.4 Å². The summed E-state index contributed by atoms with van der Waals surface area (Å²) in [4.78, 5) is 2.11. The molecule has 0 saturated carbocycles. The predicted octanol–water partition coefficient (Wildman–Crippen LogP) is 4.37. The Morgan fingerprint density at radius 1 is 1.26 bits per heavy atom. The molecule has 1 saturated heterocycles. The Morgan fingerprint density at radius 2 is 1.83 bits per heavy atom. The Balaban J connectivity index is 0.00000242. The van der Waals surface area contributed by atoms with Gasteiger partial charge in [0.05, 0.1) is 5.56 Å². The van der Waals surface area contributed by atoms with Crippen LogP contribution in [0, 0.1) is 0 Å².